The smallest absolute Gasteiger partial charge is 0.251 e. The maximum atomic E-state index is 11.9. The Labute approximate surface area is 123 Å². The van der Waals surface area contributed by atoms with Crippen molar-refractivity contribution in [2.45, 2.75) is 32.2 Å². The number of nitrogens with two attached hydrogens (primary N) is 2. The highest BCUT2D eigenvalue weighted by atomic mass is 16.2. The molecule has 1 aromatic carbocycles. The molecule has 0 fully saturated rings. The van der Waals surface area contributed by atoms with Crippen LogP contribution in [0.25, 0.3) is 0 Å². The number of primary amides is 1. The second-order valence-electron chi connectivity index (χ2n) is 4.90. The first-order valence-corrected chi connectivity index (χ1v) is 6.86. The van der Waals surface area contributed by atoms with Gasteiger partial charge in [0.2, 0.25) is 5.91 Å². The number of ketones is 1. The first-order valence-electron chi connectivity index (χ1n) is 6.86. The molecule has 6 heteroatoms. The molecule has 0 aromatic heterocycles. The normalized spacial score (nSPS) is 11.7. The molecule has 0 heterocycles. The quantitative estimate of drug-likeness (QED) is 0.480. The Bertz CT molecular complexity index is 529. The third-order valence-electron chi connectivity index (χ3n) is 3.12. The standard InChI is InChI=1S/C15H21N3O3/c1-10(19)11-5-4-6-12(9-11)15(21)18-8-3-2-7-13(16)14(17)20/h4-6,9,13H,2-3,7-8,16H2,1H3,(H2,17,20)(H,18,21)/t13-/m0/s1. The lowest BCUT2D eigenvalue weighted by atomic mass is 10.1. The van der Waals surface area contributed by atoms with Crippen molar-refractivity contribution >= 4 is 17.6 Å². The average molecular weight is 291 g/mol. The first-order chi connectivity index (χ1) is 9.91. The van der Waals surface area contributed by atoms with Gasteiger partial charge in [-0.2, -0.15) is 0 Å². The maximum absolute atomic E-state index is 11.9. The predicted molar refractivity (Wildman–Crippen MR) is 79.8 cm³/mol. The van der Waals surface area contributed by atoms with Crippen LogP contribution in [0.15, 0.2) is 24.3 Å². The number of benzene rings is 1. The minimum absolute atomic E-state index is 0.0786. The number of amides is 2. The zero-order chi connectivity index (χ0) is 15.8. The highest BCUT2D eigenvalue weighted by Crippen LogP contribution is 2.06. The summed E-state index contributed by atoms with van der Waals surface area (Å²) in [5, 5.41) is 2.76. The van der Waals surface area contributed by atoms with E-state index >= 15 is 0 Å². The number of unbranched alkanes of at least 4 members (excludes halogenated alkanes) is 1. The van der Waals surface area contributed by atoms with E-state index in [9.17, 15) is 14.4 Å². The summed E-state index contributed by atoms with van der Waals surface area (Å²) < 4.78 is 0. The number of hydrogen-bond donors (Lipinski definition) is 3. The molecule has 0 aliphatic carbocycles. The van der Waals surface area contributed by atoms with Crippen LogP contribution in [-0.4, -0.2) is 30.2 Å². The van der Waals surface area contributed by atoms with Crippen molar-refractivity contribution < 1.29 is 14.4 Å². The molecule has 0 spiro atoms. The molecule has 0 aliphatic heterocycles. The molecule has 6 nitrogen and oxygen atoms in total. The first kappa shape index (κ1) is 16.8. The van der Waals surface area contributed by atoms with Gasteiger partial charge in [-0.25, -0.2) is 0 Å². The third kappa shape index (κ3) is 5.74. The number of rotatable bonds is 8. The third-order valence-corrected chi connectivity index (χ3v) is 3.12. The van der Waals surface area contributed by atoms with Gasteiger partial charge in [0, 0.05) is 17.7 Å². The SMILES string of the molecule is CC(=O)c1cccc(C(=O)NCCCC[C@H](N)C(N)=O)c1. The van der Waals surface area contributed by atoms with Crippen LogP contribution in [0.5, 0.6) is 0 Å². The molecule has 1 aromatic rings. The number of carbonyl (C=O) groups excluding carboxylic acids is 3. The molecular weight excluding hydrogens is 270 g/mol. The lowest BCUT2D eigenvalue weighted by molar-refractivity contribution is -0.119. The molecular formula is C15H21N3O3. The van der Waals surface area contributed by atoms with Crippen molar-refractivity contribution in [3.8, 4) is 0 Å². The molecule has 21 heavy (non-hydrogen) atoms. The summed E-state index contributed by atoms with van der Waals surface area (Å²) in [6, 6.07) is 5.95. The highest BCUT2D eigenvalue weighted by molar-refractivity contribution is 5.99. The maximum Gasteiger partial charge on any atom is 0.251 e. The van der Waals surface area contributed by atoms with Crippen LogP contribution in [0, 0.1) is 0 Å². The lowest BCUT2D eigenvalue weighted by Crippen LogP contribution is -2.36. The van der Waals surface area contributed by atoms with E-state index < -0.39 is 11.9 Å². The molecule has 0 saturated carbocycles. The van der Waals surface area contributed by atoms with Crippen molar-refractivity contribution in [1.29, 1.82) is 0 Å². The van der Waals surface area contributed by atoms with E-state index in [-0.39, 0.29) is 11.7 Å². The Morgan fingerprint density at radius 3 is 2.48 bits per heavy atom. The van der Waals surface area contributed by atoms with Gasteiger partial charge in [-0.05, 0) is 38.3 Å². The monoisotopic (exact) mass is 291 g/mol. The topological polar surface area (TPSA) is 115 Å². The van der Waals surface area contributed by atoms with E-state index in [1.807, 2.05) is 0 Å². The second kappa shape index (κ2) is 8.16. The van der Waals surface area contributed by atoms with Crippen molar-refractivity contribution in [2.75, 3.05) is 6.54 Å². The van der Waals surface area contributed by atoms with Gasteiger partial charge in [-0.3, -0.25) is 14.4 Å². The van der Waals surface area contributed by atoms with Gasteiger partial charge < -0.3 is 16.8 Å². The number of nitrogens with one attached hydrogen (secondary N) is 1. The van der Waals surface area contributed by atoms with E-state index in [1.165, 1.54) is 6.92 Å². The highest BCUT2D eigenvalue weighted by Gasteiger charge is 2.09. The van der Waals surface area contributed by atoms with Crippen LogP contribution in [0.1, 0.15) is 46.9 Å². The zero-order valence-electron chi connectivity index (χ0n) is 12.1. The molecule has 0 unspecified atom stereocenters. The largest absolute Gasteiger partial charge is 0.368 e. The Morgan fingerprint density at radius 2 is 1.86 bits per heavy atom. The number of hydrogen-bond acceptors (Lipinski definition) is 4. The summed E-state index contributed by atoms with van der Waals surface area (Å²) in [7, 11) is 0. The summed E-state index contributed by atoms with van der Waals surface area (Å²) in [5.41, 5.74) is 11.5. The fourth-order valence-electron chi connectivity index (χ4n) is 1.81. The van der Waals surface area contributed by atoms with Crippen LogP contribution in [0.2, 0.25) is 0 Å². The lowest BCUT2D eigenvalue weighted by Gasteiger charge is -2.08. The summed E-state index contributed by atoms with van der Waals surface area (Å²) >= 11 is 0. The molecule has 0 saturated heterocycles. The van der Waals surface area contributed by atoms with E-state index in [2.05, 4.69) is 5.32 Å². The fourth-order valence-corrected chi connectivity index (χ4v) is 1.81. The summed E-state index contributed by atoms with van der Waals surface area (Å²) in [6.07, 6.45) is 1.92. The summed E-state index contributed by atoms with van der Waals surface area (Å²) in [5.74, 6) is -0.817. The van der Waals surface area contributed by atoms with Gasteiger partial charge in [-0.15, -0.1) is 0 Å². The Hall–Kier alpha value is -2.21. The predicted octanol–water partition coefficient (Wildman–Crippen LogP) is 0.602. The fraction of sp³-hybridized carbons (Fsp3) is 0.400. The van der Waals surface area contributed by atoms with Crippen LogP contribution in [0.3, 0.4) is 0 Å². The van der Waals surface area contributed by atoms with Crippen LogP contribution >= 0.6 is 0 Å². The van der Waals surface area contributed by atoms with Gasteiger partial charge >= 0.3 is 0 Å². The van der Waals surface area contributed by atoms with Gasteiger partial charge in [0.25, 0.3) is 5.91 Å². The molecule has 0 radical (unpaired) electrons. The molecule has 1 atom stereocenters. The van der Waals surface area contributed by atoms with Gasteiger partial charge in [0.05, 0.1) is 6.04 Å². The Balaban J connectivity index is 2.36. The second-order valence-corrected chi connectivity index (χ2v) is 4.90. The van der Waals surface area contributed by atoms with Crippen molar-refractivity contribution in [1.82, 2.24) is 5.32 Å². The van der Waals surface area contributed by atoms with Crippen LogP contribution < -0.4 is 16.8 Å². The minimum Gasteiger partial charge on any atom is -0.368 e. The van der Waals surface area contributed by atoms with Crippen molar-refractivity contribution in [2.24, 2.45) is 11.5 Å². The van der Waals surface area contributed by atoms with Gasteiger partial charge in [0.15, 0.2) is 5.78 Å². The molecule has 2 amide bonds. The van der Waals surface area contributed by atoms with E-state index in [0.29, 0.717) is 36.9 Å². The molecule has 0 bridgehead atoms. The summed E-state index contributed by atoms with van der Waals surface area (Å²) in [6.45, 7) is 1.94. The van der Waals surface area contributed by atoms with E-state index in [1.54, 1.807) is 24.3 Å². The zero-order valence-corrected chi connectivity index (χ0v) is 12.1. The Kier molecular flexibility index (Phi) is 6.55. The summed E-state index contributed by atoms with van der Waals surface area (Å²) in [4.78, 5) is 33.9. The minimum atomic E-state index is -0.632. The van der Waals surface area contributed by atoms with E-state index in [4.69, 9.17) is 11.5 Å². The van der Waals surface area contributed by atoms with Gasteiger partial charge in [-0.1, -0.05) is 12.1 Å². The van der Waals surface area contributed by atoms with E-state index in [0.717, 1.165) is 0 Å². The number of Topliss-reactive ketones (excluding diaryl/α,β-unsaturated/α-hetero) is 1. The Morgan fingerprint density at radius 1 is 1.19 bits per heavy atom. The molecule has 0 aliphatic rings. The van der Waals surface area contributed by atoms with Crippen molar-refractivity contribution in [3.05, 3.63) is 35.4 Å². The molecule has 1 rings (SSSR count). The number of carbonyl (C=O) groups is 3. The van der Waals surface area contributed by atoms with Crippen LogP contribution in [-0.2, 0) is 4.79 Å². The molecule has 114 valence electrons. The average Bonchev–Trinajstić information content (AvgIpc) is 2.46. The molecule has 5 N–H and O–H groups in total. The van der Waals surface area contributed by atoms with Crippen LogP contribution in [0.4, 0.5) is 0 Å². The van der Waals surface area contributed by atoms with Gasteiger partial charge in [0.1, 0.15) is 0 Å². The van der Waals surface area contributed by atoms with Crippen molar-refractivity contribution in [3.63, 3.8) is 0 Å².